The van der Waals surface area contributed by atoms with E-state index in [4.69, 9.17) is 11.6 Å². The molecule has 0 radical (unpaired) electrons. The van der Waals surface area contributed by atoms with Gasteiger partial charge in [0, 0.05) is 30.5 Å². The number of hydrazine groups is 1. The Morgan fingerprint density at radius 2 is 1.67 bits per heavy atom. The van der Waals surface area contributed by atoms with Gasteiger partial charge < -0.3 is 10.6 Å². The van der Waals surface area contributed by atoms with Crippen molar-refractivity contribution >= 4 is 38.9 Å². The standard InChI is InChI=1S/C29H29F4N7S2/c30-28(31)14-16-39(19-28)25-24(34)26(38-27(37-25)29(32,33)22-10-2-1-3-11-22)40(35)18-21-9-5-4-8-20(21)13-17-41-42-23-12-6-7-15-36-23/h1-12,15H,13-14,16-19,34-35H2. The van der Waals surface area contributed by atoms with Crippen molar-refractivity contribution in [3.63, 3.8) is 0 Å². The lowest BCUT2D eigenvalue weighted by molar-refractivity contribution is 0.0256. The van der Waals surface area contributed by atoms with Crippen molar-refractivity contribution in [1.29, 1.82) is 0 Å². The largest absolute Gasteiger partial charge is 0.393 e. The fourth-order valence-corrected chi connectivity index (χ4v) is 6.51. The smallest absolute Gasteiger partial charge is 0.331 e. The Morgan fingerprint density at radius 1 is 0.952 bits per heavy atom. The third-order valence-corrected chi connectivity index (χ3v) is 9.03. The van der Waals surface area contributed by atoms with Gasteiger partial charge in [-0.25, -0.2) is 29.6 Å². The van der Waals surface area contributed by atoms with E-state index in [0.717, 1.165) is 28.3 Å². The molecule has 2 aromatic carbocycles. The highest BCUT2D eigenvalue weighted by molar-refractivity contribution is 8.76. The Balaban J connectivity index is 1.41. The van der Waals surface area contributed by atoms with Gasteiger partial charge in [0.25, 0.3) is 5.92 Å². The van der Waals surface area contributed by atoms with Crippen LogP contribution in [0.15, 0.2) is 84.0 Å². The zero-order valence-electron chi connectivity index (χ0n) is 22.5. The predicted molar refractivity (Wildman–Crippen MR) is 161 cm³/mol. The molecule has 4 N–H and O–H groups in total. The van der Waals surface area contributed by atoms with Gasteiger partial charge in [-0.15, -0.1) is 0 Å². The molecule has 0 unspecified atom stereocenters. The first kappa shape index (κ1) is 29.9. The van der Waals surface area contributed by atoms with E-state index in [1.54, 1.807) is 33.9 Å². The lowest BCUT2D eigenvalue weighted by Crippen LogP contribution is -2.35. The van der Waals surface area contributed by atoms with Gasteiger partial charge in [-0.1, -0.05) is 71.5 Å². The van der Waals surface area contributed by atoms with Gasteiger partial charge in [0.2, 0.25) is 5.82 Å². The zero-order chi connectivity index (χ0) is 29.7. The number of anilines is 3. The Labute approximate surface area is 249 Å². The van der Waals surface area contributed by atoms with Crippen molar-refractivity contribution < 1.29 is 17.6 Å². The summed E-state index contributed by atoms with van der Waals surface area (Å²) in [6.45, 7) is -0.682. The zero-order valence-corrected chi connectivity index (χ0v) is 24.1. The van der Waals surface area contributed by atoms with Gasteiger partial charge in [-0.2, -0.15) is 8.78 Å². The van der Waals surface area contributed by atoms with Gasteiger partial charge in [0.05, 0.1) is 13.1 Å². The van der Waals surface area contributed by atoms with E-state index in [1.807, 2.05) is 42.5 Å². The van der Waals surface area contributed by atoms with Gasteiger partial charge in [0.15, 0.2) is 11.6 Å². The Bertz CT molecular complexity index is 1500. The number of halogens is 4. The molecule has 3 heterocycles. The number of hydrogen-bond acceptors (Lipinski definition) is 9. The van der Waals surface area contributed by atoms with Crippen molar-refractivity contribution in [2.75, 3.05) is 34.5 Å². The molecule has 0 bridgehead atoms. The van der Waals surface area contributed by atoms with Crippen LogP contribution in [0.4, 0.5) is 34.9 Å². The summed E-state index contributed by atoms with van der Waals surface area (Å²) in [5.41, 5.74) is 7.75. The molecule has 0 amide bonds. The normalized spacial score (nSPS) is 14.7. The highest BCUT2D eigenvalue weighted by Gasteiger charge is 2.43. The van der Waals surface area contributed by atoms with Crippen LogP contribution in [0.5, 0.6) is 0 Å². The number of alkyl halides is 4. The average Bonchev–Trinajstić information content (AvgIpc) is 3.36. The monoisotopic (exact) mass is 615 g/mol. The minimum Gasteiger partial charge on any atom is -0.393 e. The van der Waals surface area contributed by atoms with Crippen LogP contribution < -0.4 is 21.5 Å². The van der Waals surface area contributed by atoms with E-state index in [0.29, 0.717) is 0 Å². The number of rotatable bonds is 11. The highest BCUT2D eigenvalue weighted by Crippen LogP contribution is 2.40. The van der Waals surface area contributed by atoms with Crippen LogP contribution in [0.3, 0.4) is 0 Å². The number of nitrogens with zero attached hydrogens (tertiary/aromatic N) is 5. The SMILES string of the molecule is Nc1c(N(N)Cc2ccccc2CCSSc2ccccn2)nc(C(F)(F)c2ccccc2)nc1N1CCC(F)(F)C1. The van der Waals surface area contributed by atoms with E-state index in [9.17, 15) is 8.78 Å². The Kier molecular flexibility index (Phi) is 9.09. The van der Waals surface area contributed by atoms with E-state index < -0.39 is 30.6 Å². The second-order valence-corrected chi connectivity index (χ2v) is 12.2. The third kappa shape index (κ3) is 6.90. The van der Waals surface area contributed by atoms with E-state index in [1.165, 1.54) is 34.2 Å². The van der Waals surface area contributed by atoms with Crippen molar-refractivity contribution in [3.8, 4) is 0 Å². The van der Waals surface area contributed by atoms with Crippen LogP contribution in [0.2, 0.25) is 0 Å². The summed E-state index contributed by atoms with van der Waals surface area (Å²) in [6.07, 6.45) is 2.03. The molecule has 4 aromatic rings. The van der Waals surface area contributed by atoms with Crippen molar-refractivity contribution in [2.45, 2.75) is 36.3 Å². The van der Waals surface area contributed by atoms with Gasteiger partial charge in [-0.05, 0) is 40.5 Å². The summed E-state index contributed by atoms with van der Waals surface area (Å²) in [5.74, 6) is -0.600. The fraction of sp³-hybridized carbons (Fsp3) is 0.276. The quantitative estimate of drug-likeness (QED) is 0.0662. The van der Waals surface area contributed by atoms with Crippen molar-refractivity contribution in [2.24, 2.45) is 5.84 Å². The molecule has 1 fully saturated rings. The number of aromatic nitrogens is 3. The molecule has 1 aliphatic rings. The minimum absolute atomic E-state index is 0.0917. The molecule has 0 aliphatic carbocycles. The summed E-state index contributed by atoms with van der Waals surface area (Å²) in [7, 11) is 3.25. The molecule has 1 saturated heterocycles. The number of benzene rings is 2. The molecular formula is C29H29F4N7S2. The first-order valence-electron chi connectivity index (χ1n) is 13.2. The van der Waals surface area contributed by atoms with Crippen LogP contribution in [0.1, 0.15) is 28.9 Å². The van der Waals surface area contributed by atoms with Gasteiger partial charge >= 0.3 is 5.92 Å². The molecular weight excluding hydrogens is 586 g/mol. The molecule has 1 aliphatic heterocycles. The van der Waals surface area contributed by atoms with E-state index in [2.05, 4.69) is 15.0 Å². The molecule has 7 nitrogen and oxygen atoms in total. The maximum atomic E-state index is 15.7. The molecule has 220 valence electrons. The van der Waals surface area contributed by atoms with Gasteiger partial charge in [-0.3, -0.25) is 5.01 Å². The van der Waals surface area contributed by atoms with Crippen LogP contribution in [0.25, 0.3) is 0 Å². The molecule has 0 atom stereocenters. The summed E-state index contributed by atoms with van der Waals surface area (Å²) in [5, 5.41) is 2.09. The fourth-order valence-electron chi connectivity index (χ4n) is 4.60. The summed E-state index contributed by atoms with van der Waals surface area (Å²) < 4.78 is 59.6. The molecule has 2 aromatic heterocycles. The maximum Gasteiger partial charge on any atom is 0.331 e. The number of nitrogen functional groups attached to an aromatic ring is 1. The van der Waals surface area contributed by atoms with Crippen LogP contribution in [0, 0.1) is 0 Å². The molecule has 13 heteroatoms. The minimum atomic E-state index is -3.62. The molecule has 42 heavy (non-hydrogen) atoms. The molecule has 0 saturated carbocycles. The average molecular weight is 616 g/mol. The van der Waals surface area contributed by atoms with Crippen LogP contribution >= 0.6 is 21.6 Å². The number of pyridine rings is 1. The second-order valence-electron chi connectivity index (χ2n) is 9.80. The van der Waals surface area contributed by atoms with Crippen molar-refractivity contribution in [1.82, 2.24) is 15.0 Å². The summed E-state index contributed by atoms with van der Waals surface area (Å²) in [4.78, 5) is 13.7. The molecule has 5 rings (SSSR count). The van der Waals surface area contributed by atoms with Gasteiger partial charge in [0.1, 0.15) is 10.7 Å². The first-order chi connectivity index (χ1) is 20.1. The number of hydrogen-bond donors (Lipinski definition) is 2. The topological polar surface area (TPSA) is 97.2 Å². The summed E-state index contributed by atoms with van der Waals surface area (Å²) >= 11 is 0. The summed E-state index contributed by atoms with van der Waals surface area (Å²) in [6, 6.07) is 20.5. The highest BCUT2D eigenvalue weighted by atomic mass is 33.1. The predicted octanol–water partition coefficient (Wildman–Crippen LogP) is 6.30. The van der Waals surface area contributed by atoms with E-state index >= 15 is 8.78 Å². The lowest BCUT2D eigenvalue weighted by atomic mass is 10.1. The third-order valence-electron chi connectivity index (χ3n) is 6.76. The second kappa shape index (κ2) is 12.8. The first-order valence-corrected chi connectivity index (χ1v) is 15.5. The Hall–Kier alpha value is -3.55. The lowest BCUT2D eigenvalue weighted by Gasteiger charge is -2.27. The maximum absolute atomic E-state index is 15.7. The van der Waals surface area contributed by atoms with E-state index in [-0.39, 0.29) is 36.0 Å². The number of aryl methyl sites for hydroxylation is 1. The number of nitrogens with two attached hydrogens (primary N) is 2. The Morgan fingerprint density at radius 3 is 2.36 bits per heavy atom. The van der Waals surface area contributed by atoms with Crippen LogP contribution in [-0.2, 0) is 18.9 Å². The van der Waals surface area contributed by atoms with Crippen LogP contribution in [-0.4, -0.2) is 39.7 Å². The van der Waals surface area contributed by atoms with Crippen molar-refractivity contribution in [3.05, 3.63) is 102 Å². The molecule has 0 spiro atoms.